The van der Waals surface area contributed by atoms with Gasteiger partial charge in [0, 0.05) is 38.0 Å². The number of hydrogen-bond acceptors (Lipinski definition) is 4. The first-order valence-electron chi connectivity index (χ1n) is 12.8. The summed E-state index contributed by atoms with van der Waals surface area (Å²) in [4.78, 5) is 28.3. The van der Waals surface area contributed by atoms with Crippen molar-refractivity contribution >= 4 is 39.1 Å². The monoisotopic (exact) mass is 569 g/mol. The van der Waals surface area contributed by atoms with Crippen molar-refractivity contribution < 1.29 is 18.0 Å². The molecule has 3 aromatic rings. The van der Waals surface area contributed by atoms with E-state index >= 15 is 0 Å². The summed E-state index contributed by atoms with van der Waals surface area (Å²) >= 11 is 6.20. The second-order valence-electron chi connectivity index (χ2n) is 9.68. The van der Waals surface area contributed by atoms with E-state index in [1.54, 1.807) is 36.2 Å². The summed E-state index contributed by atoms with van der Waals surface area (Å²) in [6.07, 6.45) is 1.86. The first kappa shape index (κ1) is 30.2. The number of sulfonamides is 1. The number of halogens is 1. The van der Waals surface area contributed by atoms with Crippen molar-refractivity contribution in [1.29, 1.82) is 0 Å². The Balaban J connectivity index is 1.85. The molecular weight excluding hydrogens is 534 g/mol. The van der Waals surface area contributed by atoms with Crippen molar-refractivity contribution in [3.8, 4) is 0 Å². The molecule has 0 radical (unpaired) electrons. The molecule has 0 aromatic heterocycles. The minimum Gasteiger partial charge on any atom is -0.357 e. The van der Waals surface area contributed by atoms with E-state index in [0.29, 0.717) is 17.1 Å². The van der Waals surface area contributed by atoms with Crippen LogP contribution in [-0.4, -0.2) is 51.0 Å². The van der Waals surface area contributed by atoms with Crippen LogP contribution in [-0.2, 0) is 32.6 Å². The molecule has 39 heavy (non-hydrogen) atoms. The molecule has 0 bridgehead atoms. The second kappa shape index (κ2) is 13.6. The Morgan fingerprint density at radius 2 is 1.62 bits per heavy atom. The molecule has 0 aliphatic rings. The van der Waals surface area contributed by atoms with E-state index in [2.05, 4.69) is 5.32 Å². The fourth-order valence-electron chi connectivity index (χ4n) is 4.44. The van der Waals surface area contributed by atoms with Gasteiger partial charge in [0.15, 0.2) is 0 Å². The maximum absolute atomic E-state index is 13.7. The quantitative estimate of drug-likeness (QED) is 0.336. The van der Waals surface area contributed by atoms with E-state index in [1.165, 1.54) is 4.31 Å². The van der Waals surface area contributed by atoms with Crippen molar-refractivity contribution in [3.05, 3.63) is 100 Å². The van der Waals surface area contributed by atoms with E-state index in [4.69, 9.17) is 11.6 Å². The zero-order chi connectivity index (χ0) is 28.6. The fourth-order valence-corrected chi connectivity index (χ4v) is 5.61. The van der Waals surface area contributed by atoms with Crippen LogP contribution in [0.4, 0.5) is 5.69 Å². The smallest absolute Gasteiger partial charge is 0.242 e. The first-order chi connectivity index (χ1) is 18.5. The minimum atomic E-state index is -3.56. The Hall–Kier alpha value is -3.36. The third kappa shape index (κ3) is 8.57. The molecule has 1 N–H and O–H groups in total. The zero-order valence-electron chi connectivity index (χ0n) is 22.9. The highest BCUT2D eigenvalue weighted by Gasteiger charge is 2.30. The lowest BCUT2D eigenvalue weighted by atomic mass is 10.0. The largest absolute Gasteiger partial charge is 0.357 e. The lowest BCUT2D eigenvalue weighted by Crippen LogP contribution is -2.49. The molecule has 3 aromatic carbocycles. The number of likely N-dealkylation sites (N-methyl/N-ethyl adjacent to an activating group) is 1. The van der Waals surface area contributed by atoms with E-state index in [-0.39, 0.29) is 37.7 Å². The SMILES string of the molecule is CNC(=O)[C@H](Cc1ccccc1)N(Cc1cccc(Cl)c1)C(=O)CCCN(c1ccc(C)c(C)c1)S(C)(=O)=O. The van der Waals surface area contributed by atoms with Crippen LogP contribution in [0.15, 0.2) is 72.8 Å². The van der Waals surface area contributed by atoms with Gasteiger partial charge in [-0.25, -0.2) is 8.42 Å². The first-order valence-corrected chi connectivity index (χ1v) is 15.1. The predicted octanol–water partition coefficient (Wildman–Crippen LogP) is 4.89. The molecule has 7 nitrogen and oxygen atoms in total. The number of hydrogen-bond donors (Lipinski definition) is 1. The fraction of sp³-hybridized carbons (Fsp3) is 0.333. The molecule has 0 aliphatic heterocycles. The third-order valence-electron chi connectivity index (χ3n) is 6.69. The average Bonchev–Trinajstić information content (AvgIpc) is 2.89. The van der Waals surface area contributed by atoms with Crippen LogP contribution in [0.3, 0.4) is 0 Å². The predicted molar refractivity (Wildman–Crippen MR) is 157 cm³/mol. The van der Waals surface area contributed by atoms with Crippen LogP contribution >= 0.6 is 11.6 Å². The second-order valence-corrected chi connectivity index (χ2v) is 12.0. The van der Waals surface area contributed by atoms with Crippen LogP contribution in [0.1, 0.15) is 35.1 Å². The summed E-state index contributed by atoms with van der Waals surface area (Å²) in [5.41, 5.74) is 4.34. The van der Waals surface area contributed by atoms with Crippen molar-refractivity contribution in [1.82, 2.24) is 10.2 Å². The molecule has 0 fully saturated rings. The van der Waals surface area contributed by atoms with Crippen molar-refractivity contribution in [3.63, 3.8) is 0 Å². The Kier molecular flexibility index (Phi) is 10.5. The maximum Gasteiger partial charge on any atom is 0.242 e. The van der Waals surface area contributed by atoms with Crippen LogP contribution in [0.5, 0.6) is 0 Å². The molecular formula is C30H36ClN3O4S. The Labute approximate surface area is 236 Å². The van der Waals surface area contributed by atoms with Gasteiger partial charge >= 0.3 is 0 Å². The molecule has 208 valence electrons. The summed E-state index contributed by atoms with van der Waals surface area (Å²) in [6, 6.07) is 21.5. The number of aryl methyl sites for hydroxylation is 2. The number of nitrogens with one attached hydrogen (secondary N) is 1. The lowest BCUT2D eigenvalue weighted by Gasteiger charge is -2.31. The summed E-state index contributed by atoms with van der Waals surface area (Å²) in [5.74, 6) is -0.518. The van der Waals surface area contributed by atoms with Gasteiger partial charge < -0.3 is 10.2 Å². The number of nitrogens with zero attached hydrogens (tertiary/aromatic N) is 2. The number of carbonyl (C=O) groups is 2. The van der Waals surface area contributed by atoms with Crippen molar-refractivity contribution in [2.45, 2.75) is 45.7 Å². The highest BCUT2D eigenvalue weighted by molar-refractivity contribution is 7.92. The molecule has 2 amide bonds. The molecule has 0 spiro atoms. The highest BCUT2D eigenvalue weighted by Crippen LogP contribution is 2.23. The van der Waals surface area contributed by atoms with E-state index in [1.807, 2.05) is 62.4 Å². The summed E-state index contributed by atoms with van der Waals surface area (Å²) in [5, 5.41) is 3.24. The van der Waals surface area contributed by atoms with Crippen LogP contribution in [0.2, 0.25) is 5.02 Å². The topological polar surface area (TPSA) is 86.8 Å². The van der Waals surface area contributed by atoms with Crippen LogP contribution < -0.4 is 9.62 Å². The van der Waals surface area contributed by atoms with Gasteiger partial charge in [-0.2, -0.15) is 0 Å². The number of benzene rings is 3. The van der Waals surface area contributed by atoms with Crippen LogP contribution in [0, 0.1) is 13.8 Å². The molecule has 1 atom stereocenters. The number of carbonyl (C=O) groups excluding carboxylic acids is 2. The van der Waals surface area contributed by atoms with E-state index < -0.39 is 16.1 Å². The summed E-state index contributed by atoms with van der Waals surface area (Å²) in [6.45, 7) is 4.23. The van der Waals surface area contributed by atoms with Gasteiger partial charge in [0.1, 0.15) is 6.04 Å². The molecule has 0 aliphatic carbocycles. The summed E-state index contributed by atoms with van der Waals surface area (Å²) in [7, 11) is -2.01. The van der Waals surface area contributed by atoms with Gasteiger partial charge in [0.25, 0.3) is 0 Å². The third-order valence-corrected chi connectivity index (χ3v) is 8.12. The Morgan fingerprint density at radius 1 is 0.923 bits per heavy atom. The van der Waals surface area contributed by atoms with Crippen molar-refractivity contribution in [2.75, 3.05) is 24.2 Å². The standard InChI is InChI=1S/C30H36ClN3O4S/c1-22-15-16-27(18-23(22)2)34(39(4,37)38)17-9-14-29(35)33(21-25-12-8-13-26(31)19-25)28(30(36)32-3)20-24-10-6-5-7-11-24/h5-8,10-13,15-16,18-19,28H,9,14,17,20-21H2,1-4H3,(H,32,36)/t28-/m0/s1. The number of rotatable bonds is 12. The lowest BCUT2D eigenvalue weighted by molar-refractivity contribution is -0.141. The van der Waals surface area contributed by atoms with Gasteiger partial charge in [-0.1, -0.05) is 60.1 Å². The number of anilines is 1. The minimum absolute atomic E-state index is 0.0692. The molecule has 3 rings (SSSR count). The maximum atomic E-state index is 13.7. The Morgan fingerprint density at radius 3 is 2.23 bits per heavy atom. The van der Waals surface area contributed by atoms with Gasteiger partial charge in [0.05, 0.1) is 11.9 Å². The van der Waals surface area contributed by atoms with Crippen LogP contribution in [0.25, 0.3) is 0 Å². The Bertz CT molecular complexity index is 1400. The van der Waals surface area contributed by atoms with Gasteiger partial charge in [-0.05, 0) is 66.8 Å². The van der Waals surface area contributed by atoms with Gasteiger partial charge in [0.2, 0.25) is 21.8 Å². The molecule has 0 unspecified atom stereocenters. The molecule has 0 saturated carbocycles. The van der Waals surface area contributed by atoms with Gasteiger partial charge in [-0.15, -0.1) is 0 Å². The van der Waals surface area contributed by atoms with Crippen molar-refractivity contribution in [2.24, 2.45) is 0 Å². The van der Waals surface area contributed by atoms with E-state index in [0.717, 1.165) is 28.5 Å². The zero-order valence-corrected chi connectivity index (χ0v) is 24.4. The molecule has 0 saturated heterocycles. The summed E-state index contributed by atoms with van der Waals surface area (Å²) < 4.78 is 26.6. The number of amides is 2. The highest BCUT2D eigenvalue weighted by atomic mass is 35.5. The van der Waals surface area contributed by atoms with Gasteiger partial charge in [-0.3, -0.25) is 13.9 Å². The van der Waals surface area contributed by atoms with E-state index in [9.17, 15) is 18.0 Å². The molecule has 9 heteroatoms. The molecule has 0 heterocycles. The normalized spacial score (nSPS) is 12.0. The average molecular weight is 570 g/mol.